The van der Waals surface area contributed by atoms with Gasteiger partial charge in [0.05, 0.1) is 12.3 Å². The Morgan fingerprint density at radius 2 is 2.06 bits per heavy atom. The third-order valence-electron chi connectivity index (χ3n) is 2.25. The second-order valence-electron chi connectivity index (χ2n) is 3.70. The van der Waals surface area contributed by atoms with Gasteiger partial charge in [-0.15, -0.1) is 5.10 Å². The van der Waals surface area contributed by atoms with Gasteiger partial charge in [0.1, 0.15) is 0 Å². The van der Waals surface area contributed by atoms with Crippen LogP contribution in [0.2, 0.25) is 0 Å². The molecule has 0 saturated carbocycles. The molecule has 0 aliphatic carbocycles. The minimum absolute atomic E-state index is 0.622. The van der Waals surface area contributed by atoms with Crippen molar-refractivity contribution in [3.8, 4) is 5.88 Å². The molecule has 0 unspecified atom stereocenters. The third kappa shape index (κ3) is 5.07. The van der Waals surface area contributed by atoms with Crippen LogP contribution in [-0.4, -0.2) is 23.3 Å². The average Bonchev–Trinajstić information content (AvgIpc) is 2.33. The molecule has 4 nitrogen and oxygen atoms in total. The Morgan fingerprint density at radius 1 is 1.19 bits per heavy atom. The predicted molar refractivity (Wildman–Crippen MR) is 64.4 cm³/mol. The van der Waals surface area contributed by atoms with E-state index in [9.17, 15) is 0 Å². The molecule has 90 valence electrons. The van der Waals surface area contributed by atoms with Crippen LogP contribution < -0.4 is 10.1 Å². The molecule has 16 heavy (non-hydrogen) atoms. The van der Waals surface area contributed by atoms with Crippen molar-refractivity contribution in [2.24, 2.45) is 0 Å². The zero-order valence-corrected chi connectivity index (χ0v) is 10.2. The second kappa shape index (κ2) is 8.05. The van der Waals surface area contributed by atoms with Crippen LogP contribution in [0.5, 0.6) is 5.88 Å². The molecule has 0 amide bonds. The highest BCUT2D eigenvalue weighted by atomic mass is 16.5. The lowest BCUT2D eigenvalue weighted by Crippen LogP contribution is -2.13. The van der Waals surface area contributed by atoms with Crippen LogP contribution in [0.25, 0.3) is 0 Å². The second-order valence-corrected chi connectivity index (χ2v) is 3.70. The molecule has 0 bridgehead atoms. The molecular formula is C12H21N3O. The SMILES string of the molecule is CCCCCOc1ccc(CNCC)nn1. The van der Waals surface area contributed by atoms with Gasteiger partial charge in [0, 0.05) is 12.6 Å². The molecule has 0 aromatic carbocycles. The predicted octanol–water partition coefficient (Wildman–Crippen LogP) is 2.16. The molecule has 1 aromatic heterocycles. The van der Waals surface area contributed by atoms with E-state index in [2.05, 4.69) is 29.4 Å². The van der Waals surface area contributed by atoms with Crippen LogP contribution in [0.4, 0.5) is 0 Å². The van der Waals surface area contributed by atoms with E-state index < -0.39 is 0 Å². The highest BCUT2D eigenvalue weighted by Gasteiger charge is 1.98. The van der Waals surface area contributed by atoms with Crippen molar-refractivity contribution in [3.05, 3.63) is 17.8 Å². The molecule has 0 aliphatic rings. The minimum Gasteiger partial charge on any atom is -0.477 e. The van der Waals surface area contributed by atoms with E-state index in [4.69, 9.17) is 4.74 Å². The van der Waals surface area contributed by atoms with Gasteiger partial charge in [-0.25, -0.2) is 0 Å². The van der Waals surface area contributed by atoms with E-state index in [1.807, 2.05) is 12.1 Å². The fourth-order valence-corrected chi connectivity index (χ4v) is 1.30. The van der Waals surface area contributed by atoms with E-state index in [-0.39, 0.29) is 0 Å². The minimum atomic E-state index is 0.622. The topological polar surface area (TPSA) is 47.0 Å². The smallest absolute Gasteiger partial charge is 0.233 e. The van der Waals surface area contributed by atoms with Gasteiger partial charge in [0.25, 0.3) is 0 Å². The zero-order chi connectivity index (χ0) is 11.6. The summed E-state index contributed by atoms with van der Waals surface area (Å²) in [4.78, 5) is 0. The fraction of sp³-hybridized carbons (Fsp3) is 0.667. The van der Waals surface area contributed by atoms with Crippen LogP contribution >= 0.6 is 0 Å². The van der Waals surface area contributed by atoms with Crippen LogP contribution in [-0.2, 0) is 6.54 Å². The highest BCUT2D eigenvalue weighted by Crippen LogP contribution is 2.06. The summed E-state index contributed by atoms with van der Waals surface area (Å²) < 4.78 is 5.47. The summed E-state index contributed by atoms with van der Waals surface area (Å²) in [6, 6.07) is 3.83. The van der Waals surface area contributed by atoms with Crippen molar-refractivity contribution in [2.45, 2.75) is 39.7 Å². The maximum atomic E-state index is 5.47. The van der Waals surface area contributed by atoms with Crippen molar-refractivity contribution in [1.82, 2.24) is 15.5 Å². The van der Waals surface area contributed by atoms with Crippen LogP contribution in [0.1, 0.15) is 38.8 Å². The Bertz CT molecular complexity index is 274. The van der Waals surface area contributed by atoms with Gasteiger partial charge in [-0.3, -0.25) is 0 Å². The summed E-state index contributed by atoms with van der Waals surface area (Å²) in [7, 11) is 0. The van der Waals surface area contributed by atoms with E-state index in [1.54, 1.807) is 0 Å². The van der Waals surface area contributed by atoms with Crippen LogP contribution in [0.15, 0.2) is 12.1 Å². The summed E-state index contributed by atoms with van der Waals surface area (Å²) in [5.74, 6) is 0.622. The number of hydrogen-bond donors (Lipinski definition) is 1. The first-order valence-corrected chi connectivity index (χ1v) is 6.03. The maximum Gasteiger partial charge on any atom is 0.233 e. The van der Waals surface area contributed by atoms with Gasteiger partial charge in [-0.1, -0.05) is 26.7 Å². The molecule has 0 fully saturated rings. The number of hydrogen-bond acceptors (Lipinski definition) is 4. The number of nitrogens with zero attached hydrogens (tertiary/aromatic N) is 2. The molecule has 0 saturated heterocycles. The van der Waals surface area contributed by atoms with Crippen molar-refractivity contribution in [2.75, 3.05) is 13.2 Å². The van der Waals surface area contributed by atoms with E-state index in [1.165, 1.54) is 12.8 Å². The lowest BCUT2D eigenvalue weighted by Gasteiger charge is -2.04. The summed E-state index contributed by atoms with van der Waals surface area (Å²) in [6.07, 6.45) is 3.49. The molecule has 0 radical (unpaired) electrons. The molecule has 1 rings (SSSR count). The molecular weight excluding hydrogens is 202 g/mol. The van der Waals surface area contributed by atoms with Gasteiger partial charge in [0.15, 0.2) is 0 Å². The van der Waals surface area contributed by atoms with E-state index >= 15 is 0 Å². The van der Waals surface area contributed by atoms with Gasteiger partial charge in [-0.2, -0.15) is 5.10 Å². The molecule has 1 aromatic rings. The van der Waals surface area contributed by atoms with Crippen LogP contribution in [0.3, 0.4) is 0 Å². The first-order chi connectivity index (χ1) is 7.86. The molecule has 0 aliphatic heterocycles. The monoisotopic (exact) mass is 223 g/mol. The summed E-state index contributed by atoms with van der Waals surface area (Å²) >= 11 is 0. The summed E-state index contributed by atoms with van der Waals surface area (Å²) in [5, 5.41) is 11.3. The number of unbranched alkanes of at least 4 members (excludes halogenated alkanes) is 2. The first kappa shape index (κ1) is 12.9. The van der Waals surface area contributed by atoms with Crippen molar-refractivity contribution in [3.63, 3.8) is 0 Å². The number of aromatic nitrogens is 2. The Hall–Kier alpha value is -1.16. The summed E-state index contributed by atoms with van der Waals surface area (Å²) in [6.45, 7) is 6.68. The standard InChI is InChI=1S/C12H21N3O/c1-3-5-6-9-16-12-8-7-11(14-15-12)10-13-4-2/h7-8,13H,3-6,9-10H2,1-2H3. The van der Waals surface area contributed by atoms with Gasteiger partial charge in [0.2, 0.25) is 5.88 Å². The van der Waals surface area contributed by atoms with E-state index in [0.717, 1.165) is 31.8 Å². The number of nitrogens with one attached hydrogen (secondary N) is 1. The molecule has 1 heterocycles. The average molecular weight is 223 g/mol. The normalized spacial score (nSPS) is 10.4. The van der Waals surface area contributed by atoms with E-state index in [0.29, 0.717) is 5.88 Å². The molecule has 0 spiro atoms. The summed E-state index contributed by atoms with van der Waals surface area (Å²) in [5.41, 5.74) is 0.947. The quantitative estimate of drug-likeness (QED) is 0.686. The van der Waals surface area contributed by atoms with Crippen molar-refractivity contribution < 1.29 is 4.74 Å². The van der Waals surface area contributed by atoms with Gasteiger partial charge in [-0.05, 0) is 19.0 Å². The number of rotatable bonds is 8. The third-order valence-corrected chi connectivity index (χ3v) is 2.25. The molecule has 4 heteroatoms. The lowest BCUT2D eigenvalue weighted by molar-refractivity contribution is 0.291. The Kier molecular flexibility index (Phi) is 6.49. The zero-order valence-electron chi connectivity index (χ0n) is 10.2. The van der Waals surface area contributed by atoms with Gasteiger partial charge >= 0.3 is 0 Å². The van der Waals surface area contributed by atoms with Crippen molar-refractivity contribution >= 4 is 0 Å². The molecule has 0 atom stereocenters. The molecule has 1 N–H and O–H groups in total. The Morgan fingerprint density at radius 3 is 2.69 bits per heavy atom. The largest absolute Gasteiger partial charge is 0.477 e. The highest BCUT2D eigenvalue weighted by molar-refractivity contribution is 5.11. The first-order valence-electron chi connectivity index (χ1n) is 6.03. The number of ether oxygens (including phenoxy) is 1. The fourth-order valence-electron chi connectivity index (χ4n) is 1.30. The van der Waals surface area contributed by atoms with Gasteiger partial charge < -0.3 is 10.1 Å². The maximum absolute atomic E-state index is 5.47. The Labute approximate surface area is 97.4 Å². The van der Waals surface area contributed by atoms with Crippen LogP contribution in [0, 0.1) is 0 Å². The lowest BCUT2D eigenvalue weighted by atomic mass is 10.3. The Balaban J connectivity index is 2.27. The van der Waals surface area contributed by atoms with Crippen molar-refractivity contribution in [1.29, 1.82) is 0 Å².